The zero-order chi connectivity index (χ0) is 13.1. The normalized spacial score (nSPS) is 17.3. The Morgan fingerprint density at radius 3 is 2.63 bits per heavy atom. The molecule has 19 heavy (non-hydrogen) atoms. The topological polar surface area (TPSA) is 50.9 Å². The van der Waals surface area contributed by atoms with E-state index < -0.39 is 0 Å². The molecule has 3 rings (SSSR count). The highest BCUT2D eigenvalue weighted by atomic mass is 14.9. The third kappa shape index (κ3) is 2.65. The average molecular weight is 255 g/mol. The minimum Gasteiger partial charge on any atom is -0.397 e. The van der Waals surface area contributed by atoms with Gasteiger partial charge < -0.3 is 11.1 Å². The zero-order valence-electron chi connectivity index (χ0n) is 11.2. The number of nitrogens with two attached hydrogens (primary N) is 1. The van der Waals surface area contributed by atoms with Crippen molar-refractivity contribution in [2.75, 3.05) is 11.1 Å². The summed E-state index contributed by atoms with van der Waals surface area (Å²) < 4.78 is 0. The standard InChI is InChI=1S/C16H21N3/c17-14-9-10-15(13-8-5-11-18-16(13)14)19-12-6-3-1-2-4-7-12/h5,8-12,19H,1-4,6-7,17H2. The number of anilines is 2. The summed E-state index contributed by atoms with van der Waals surface area (Å²) in [5, 5.41) is 4.83. The van der Waals surface area contributed by atoms with Crippen LogP contribution in [0.1, 0.15) is 38.5 Å². The first-order chi connectivity index (χ1) is 9.34. The predicted molar refractivity (Wildman–Crippen MR) is 81.3 cm³/mol. The van der Waals surface area contributed by atoms with Crippen LogP contribution in [0.5, 0.6) is 0 Å². The highest BCUT2D eigenvalue weighted by Crippen LogP contribution is 2.29. The summed E-state index contributed by atoms with van der Waals surface area (Å²) in [6, 6.07) is 8.70. The van der Waals surface area contributed by atoms with E-state index in [4.69, 9.17) is 5.73 Å². The van der Waals surface area contributed by atoms with Crippen molar-refractivity contribution in [1.29, 1.82) is 0 Å². The lowest BCUT2D eigenvalue weighted by Gasteiger charge is -2.19. The van der Waals surface area contributed by atoms with Crippen molar-refractivity contribution in [2.45, 2.75) is 44.6 Å². The molecule has 1 heterocycles. The molecule has 1 aliphatic carbocycles. The van der Waals surface area contributed by atoms with Gasteiger partial charge in [0.15, 0.2) is 0 Å². The van der Waals surface area contributed by atoms with Crippen molar-refractivity contribution < 1.29 is 0 Å². The van der Waals surface area contributed by atoms with Crippen molar-refractivity contribution in [2.24, 2.45) is 0 Å². The number of hydrogen-bond acceptors (Lipinski definition) is 3. The maximum Gasteiger partial charge on any atom is 0.0951 e. The molecular weight excluding hydrogens is 234 g/mol. The number of hydrogen-bond donors (Lipinski definition) is 2. The van der Waals surface area contributed by atoms with E-state index in [0.29, 0.717) is 6.04 Å². The molecule has 0 spiro atoms. The molecule has 2 aromatic rings. The molecule has 0 radical (unpaired) electrons. The summed E-state index contributed by atoms with van der Waals surface area (Å²) in [6.45, 7) is 0. The van der Waals surface area contributed by atoms with E-state index >= 15 is 0 Å². The number of pyridine rings is 1. The SMILES string of the molecule is Nc1ccc(NC2CCCCCC2)c2cccnc12. The predicted octanol–water partition coefficient (Wildman–Crippen LogP) is 3.95. The maximum atomic E-state index is 5.99. The molecular formula is C16H21N3. The summed E-state index contributed by atoms with van der Waals surface area (Å²) in [5.74, 6) is 0. The monoisotopic (exact) mass is 255 g/mol. The van der Waals surface area contributed by atoms with E-state index in [2.05, 4.69) is 22.4 Å². The number of rotatable bonds is 2. The highest BCUT2D eigenvalue weighted by molar-refractivity contribution is 5.98. The second-order valence-corrected chi connectivity index (χ2v) is 5.43. The van der Waals surface area contributed by atoms with E-state index in [9.17, 15) is 0 Å². The van der Waals surface area contributed by atoms with E-state index in [0.717, 1.165) is 16.6 Å². The third-order valence-electron chi connectivity index (χ3n) is 4.02. The summed E-state index contributed by atoms with van der Waals surface area (Å²) in [6.07, 6.45) is 9.77. The molecule has 0 aliphatic heterocycles. The van der Waals surface area contributed by atoms with Gasteiger partial charge in [-0.2, -0.15) is 0 Å². The molecule has 3 heteroatoms. The second kappa shape index (κ2) is 5.47. The smallest absolute Gasteiger partial charge is 0.0951 e. The fourth-order valence-corrected chi connectivity index (χ4v) is 2.96. The van der Waals surface area contributed by atoms with E-state index in [1.165, 1.54) is 44.2 Å². The summed E-state index contributed by atoms with van der Waals surface area (Å²) in [4.78, 5) is 4.39. The molecule has 0 amide bonds. The van der Waals surface area contributed by atoms with Gasteiger partial charge in [0, 0.05) is 23.3 Å². The number of benzene rings is 1. The molecule has 3 nitrogen and oxygen atoms in total. The summed E-state index contributed by atoms with van der Waals surface area (Å²) >= 11 is 0. The lowest BCUT2D eigenvalue weighted by molar-refractivity contribution is 0.620. The largest absolute Gasteiger partial charge is 0.397 e. The fourth-order valence-electron chi connectivity index (χ4n) is 2.96. The molecule has 0 saturated heterocycles. The Morgan fingerprint density at radius 1 is 1.05 bits per heavy atom. The zero-order valence-corrected chi connectivity index (χ0v) is 11.2. The van der Waals surface area contributed by atoms with Crippen LogP contribution in [0.25, 0.3) is 10.9 Å². The molecule has 0 unspecified atom stereocenters. The molecule has 1 aromatic heterocycles. The van der Waals surface area contributed by atoms with Gasteiger partial charge in [-0.15, -0.1) is 0 Å². The first-order valence-corrected chi connectivity index (χ1v) is 7.24. The van der Waals surface area contributed by atoms with Crippen LogP contribution < -0.4 is 11.1 Å². The van der Waals surface area contributed by atoms with Crippen LogP contribution in [0.3, 0.4) is 0 Å². The Kier molecular flexibility index (Phi) is 3.53. The van der Waals surface area contributed by atoms with E-state index in [-0.39, 0.29) is 0 Å². The Hall–Kier alpha value is -1.77. The summed E-state index contributed by atoms with van der Waals surface area (Å²) in [5.41, 5.74) is 8.82. The van der Waals surface area contributed by atoms with Crippen LogP contribution in [0, 0.1) is 0 Å². The minimum atomic E-state index is 0.592. The first-order valence-electron chi connectivity index (χ1n) is 7.24. The molecule has 1 aliphatic rings. The van der Waals surface area contributed by atoms with Crippen LogP contribution in [0.2, 0.25) is 0 Å². The van der Waals surface area contributed by atoms with Gasteiger partial charge in [-0.3, -0.25) is 4.98 Å². The van der Waals surface area contributed by atoms with Gasteiger partial charge >= 0.3 is 0 Å². The van der Waals surface area contributed by atoms with E-state index in [1.807, 2.05) is 12.1 Å². The quantitative estimate of drug-likeness (QED) is 0.631. The third-order valence-corrected chi connectivity index (χ3v) is 4.02. The van der Waals surface area contributed by atoms with Crippen LogP contribution in [0.15, 0.2) is 30.5 Å². The molecule has 1 fully saturated rings. The number of aromatic nitrogens is 1. The molecule has 1 aromatic carbocycles. The number of nitrogen functional groups attached to an aromatic ring is 1. The number of nitrogens with zero attached hydrogens (tertiary/aromatic N) is 1. The Morgan fingerprint density at radius 2 is 1.84 bits per heavy atom. The average Bonchev–Trinajstić information content (AvgIpc) is 2.71. The Balaban J connectivity index is 1.90. The number of nitrogens with one attached hydrogen (secondary N) is 1. The second-order valence-electron chi connectivity index (χ2n) is 5.43. The molecule has 0 atom stereocenters. The van der Waals surface area contributed by atoms with Gasteiger partial charge in [0.25, 0.3) is 0 Å². The minimum absolute atomic E-state index is 0.592. The molecule has 100 valence electrons. The lowest BCUT2D eigenvalue weighted by atomic mass is 10.1. The molecule has 1 saturated carbocycles. The van der Waals surface area contributed by atoms with Crippen molar-refractivity contribution in [1.82, 2.24) is 4.98 Å². The summed E-state index contributed by atoms with van der Waals surface area (Å²) in [7, 11) is 0. The van der Waals surface area contributed by atoms with Crippen LogP contribution in [-0.4, -0.2) is 11.0 Å². The Bertz CT molecular complexity index is 557. The van der Waals surface area contributed by atoms with Crippen LogP contribution >= 0.6 is 0 Å². The molecule has 0 bridgehead atoms. The van der Waals surface area contributed by atoms with Gasteiger partial charge in [-0.1, -0.05) is 25.7 Å². The van der Waals surface area contributed by atoms with Crippen molar-refractivity contribution in [3.05, 3.63) is 30.5 Å². The van der Waals surface area contributed by atoms with Gasteiger partial charge in [-0.05, 0) is 37.1 Å². The highest BCUT2D eigenvalue weighted by Gasteiger charge is 2.13. The van der Waals surface area contributed by atoms with Gasteiger partial charge in [0.05, 0.1) is 11.2 Å². The van der Waals surface area contributed by atoms with Crippen molar-refractivity contribution in [3.8, 4) is 0 Å². The van der Waals surface area contributed by atoms with Crippen molar-refractivity contribution in [3.63, 3.8) is 0 Å². The first kappa shape index (κ1) is 12.3. The molecule has 3 N–H and O–H groups in total. The van der Waals surface area contributed by atoms with Gasteiger partial charge in [0.1, 0.15) is 0 Å². The maximum absolute atomic E-state index is 5.99. The van der Waals surface area contributed by atoms with Crippen LogP contribution in [-0.2, 0) is 0 Å². The fraction of sp³-hybridized carbons (Fsp3) is 0.438. The van der Waals surface area contributed by atoms with Gasteiger partial charge in [-0.25, -0.2) is 0 Å². The lowest BCUT2D eigenvalue weighted by Crippen LogP contribution is -2.18. The van der Waals surface area contributed by atoms with Crippen LogP contribution in [0.4, 0.5) is 11.4 Å². The van der Waals surface area contributed by atoms with E-state index in [1.54, 1.807) is 6.20 Å². The van der Waals surface area contributed by atoms with Gasteiger partial charge in [0.2, 0.25) is 0 Å². The Labute approximate surface area is 114 Å². The van der Waals surface area contributed by atoms with Crippen molar-refractivity contribution >= 4 is 22.3 Å². The number of fused-ring (bicyclic) bond motifs is 1.